The lowest BCUT2D eigenvalue weighted by Crippen LogP contribution is -2.41. The summed E-state index contributed by atoms with van der Waals surface area (Å²) in [4.78, 5) is 0.358. The molecule has 0 aromatic heterocycles. The van der Waals surface area contributed by atoms with E-state index in [1.54, 1.807) is 24.3 Å². The fraction of sp³-hybridized carbons (Fsp3) is 0.667. The van der Waals surface area contributed by atoms with Crippen molar-refractivity contribution in [2.45, 2.75) is 102 Å². The van der Waals surface area contributed by atoms with Gasteiger partial charge in [0.15, 0.2) is 24.4 Å². The van der Waals surface area contributed by atoms with E-state index >= 15 is 0 Å². The number of hydrogen-bond donors (Lipinski definition) is 0. The average molecular weight is 551 g/mol. The molecule has 7 heteroatoms. The lowest BCUT2D eigenvalue weighted by atomic mass is 9.88. The first kappa shape index (κ1) is 32.0. The van der Waals surface area contributed by atoms with Gasteiger partial charge >= 0.3 is 0 Å². The Balaban J connectivity index is 2.14. The molecule has 1 saturated heterocycles. The minimum atomic E-state index is -3.58. The number of benzene rings is 1. The summed E-state index contributed by atoms with van der Waals surface area (Å²) in [5.41, 5.74) is 2.38. The molecular weight excluding hydrogens is 500 g/mol. The van der Waals surface area contributed by atoms with Crippen LogP contribution >= 0.6 is 0 Å². The Morgan fingerprint density at radius 1 is 1.05 bits per heavy atom. The maximum absolute atomic E-state index is 13.9. The third-order valence-corrected chi connectivity index (χ3v) is 14.6. The topological polar surface area (TPSA) is 61.8 Å². The second-order valence-corrected chi connectivity index (χ2v) is 19.2. The van der Waals surface area contributed by atoms with Gasteiger partial charge in [0.1, 0.15) is 0 Å². The summed E-state index contributed by atoms with van der Waals surface area (Å²) in [5.74, 6) is -0.171. The molecule has 2 rings (SSSR count). The van der Waals surface area contributed by atoms with E-state index in [-0.39, 0.29) is 16.9 Å². The summed E-state index contributed by atoms with van der Waals surface area (Å²) in [6, 6.07) is 8.78. The molecular formula is C30H50O5SSi. The lowest BCUT2D eigenvalue weighted by molar-refractivity contribution is -0.0964. The molecule has 0 aliphatic carbocycles. The Hall–Kier alpha value is -1.25. The molecule has 37 heavy (non-hydrogen) atoms. The summed E-state index contributed by atoms with van der Waals surface area (Å²) >= 11 is 0. The van der Waals surface area contributed by atoms with Crippen LogP contribution in [0.1, 0.15) is 67.7 Å². The molecule has 2 unspecified atom stereocenters. The van der Waals surface area contributed by atoms with Crippen molar-refractivity contribution >= 4 is 18.2 Å². The highest BCUT2D eigenvalue weighted by atomic mass is 32.2. The van der Waals surface area contributed by atoms with Crippen LogP contribution in [0.4, 0.5) is 0 Å². The van der Waals surface area contributed by atoms with Crippen LogP contribution in [0.15, 0.2) is 58.5 Å². The Kier molecular flexibility index (Phi) is 11.8. The van der Waals surface area contributed by atoms with Gasteiger partial charge in [-0.15, -0.1) is 0 Å². The van der Waals surface area contributed by atoms with Crippen molar-refractivity contribution in [1.82, 2.24) is 0 Å². The molecule has 1 aliphatic rings. The zero-order valence-electron chi connectivity index (χ0n) is 24.5. The Bertz CT molecular complexity index is 1000. The van der Waals surface area contributed by atoms with Crippen LogP contribution in [0, 0.1) is 11.8 Å². The van der Waals surface area contributed by atoms with E-state index in [4.69, 9.17) is 13.9 Å². The summed E-state index contributed by atoms with van der Waals surface area (Å²) < 4.78 is 45.7. The van der Waals surface area contributed by atoms with Crippen LogP contribution in [0.5, 0.6) is 0 Å². The predicted molar refractivity (Wildman–Crippen MR) is 156 cm³/mol. The molecule has 0 saturated carbocycles. The molecule has 0 amide bonds. The molecule has 0 radical (unpaired) electrons. The minimum Gasteiger partial charge on any atom is -0.413 e. The number of rotatable bonds is 13. The summed E-state index contributed by atoms with van der Waals surface area (Å²) in [6.07, 6.45) is 6.14. The summed E-state index contributed by atoms with van der Waals surface area (Å²) in [5, 5.41) is -0.419. The molecule has 1 aliphatic heterocycles. The van der Waals surface area contributed by atoms with E-state index in [1.165, 1.54) is 5.57 Å². The van der Waals surface area contributed by atoms with Crippen LogP contribution in [-0.2, 0) is 23.7 Å². The van der Waals surface area contributed by atoms with Crippen molar-refractivity contribution in [3.63, 3.8) is 0 Å². The van der Waals surface area contributed by atoms with E-state index in [1.807, 2.05) is 13.0 Å². The first-order chi connectivity index (χ1) is 17.2. The second kappa shape index (κ2) is 13.7. The molecule has 0 bridgehead atoms. The standard InChI is InChI=1S/C30H50O5SSi/c1-23(2)28(29-33-20-21-34-29)27(36(31,32)26-16-11-10-12-17-26)22-25(4)15-13-14-24(3)18-19-35-37(8,9)30(5,6)7/h10-12,15-18,23,27-29H,13-14,19-22H2,1-9H3/b24-18+,25-15+. The van der Waals surface area contributed by atoms with Gasteiger partial charge in [-0.3, -0.25) is 0 Å². The van der Waals surface area contributed by atoms with Crippen LogP contribution in [-0.4, -0.2) is 48.1 Å². The minimum absolute atomic E-state index is 0.0884. The molecule has 210 valence electrons. The molecule has 1 heterocycles. The highest BCUT2D eigenvalue weighted by Gasteiger charge is 2.43. The molecule has 2 atom stereocenters. The van der Waals surface area contributed by atoms with Crippen molar-refractivity contribution in [3.8, 4) is 0 Å². The summed E-state index contributed by atoms with van der Waals surface area (Å²) in [6.45, 7) is 21.3. The van der Waals surface area contributed by atoms with Gasteiger partial charge in [0.2, 0.25) is 0 Å². The molecule has 0 N–H and O–H groups in total. The van der Waals surface area contributed by atoms with E-state index < -0.39 is 29.7 Å². The largest absolute Gasteiger partial charge is 0.413 e. The van der Waals surface area contributed by atoms with Crippen molar-refractivity contribution in [2.75, 3.05) is 19.8 Å². The highest BCUT2D eigenvalue weighted by Crippen LogP contribution is 2.37. The molecule has 1 fully saturated rings. The van der Waals surface area contributed by atoms with Gasteiger partial charge in [-0.05, 0) is 69.3 Å². The predicted octanol–water partition coefficient (Wildman–Crippen LogP) is 7.56. The van der Waals surface area contributed by atoms with Crippen molar-refractivity contribution in [1.29, 1.82) is 0 Å². The van der Waals surface area contributed by atoms with Gasteiger partial charge in [-0.2, -0.15) is 0 Å². The maximum atomic E-state index is 13.9. The first-order valence-corrected chi connectivity index (χ1v) is 18.1. The summed E-state index contributed by atoms with van der Waals surface area (Å²) in [7, 11) is -5.33. The fourth-order valence-corrected chi connectivity index (χ4v) is 7.57. The van der Waals surface area contributed by atoms with Crippen molar-refractivity contribution in [3.05, 3.63) is 53.6 Å². The Morgan fingerprint density at radius 3 is 2.19 bits per heavy atom. The van der Waals surface area contributed by atoms with Crippen LogP contribution in [0.3, 0.4) is 0 Å². The van der Waals surface area contributed by atoms with Gasteiger partial charge in [-0.25, -0.2) is 8.42 Å². The lowest BCUT2D eigenvalue weighted by Gasteiger charge is -2.35. The van der Waals surface area contributed by atoms with Crippen LogP contribution in [0.2, 0.25) is 18.1 Å². The molecule has 1 aromatic carbocycles. The smallest absolute Gasteiger partial charge is 0.192 e. The number of ether oxygens (including phenoxy) is 2. The number of sulfone groups is 1. The van der Waals surface area contributed by atoms with Crippen LogP contribution in [0.25, 0.3) is 0 Å². The fourth-order valence-electron chi connectivity index (χ4n) is 4.41. The molecule has 0 spiro atoms. The third-order valence-electron chi connectivity index (χ3n) is 7.87. The van der Waals surface area contributed by atoms with Gasteiger partial charge in [0, 0.05) is 5.92 Å². The second-order valence-electron chi connectivity index (χ2n) is 12.2. The Labute approximate surface area is 227 Å². The van der Waals surface area contributed by atoms with Gasteiger partial charge in [0.25, 0.3) is 0 Å². The third kappa shape index (κ3) is 9.17. The normalized spacial score (nSPS) is 18.4. The zero-order chi connectivity index (χ0) is 27.9. The molecule has 5 nitrogen and oxygen atoms in total. The highest BCUT2D eigenvalue weighted by molar-refractivity contribution is 7.92. The van der Waals surface area contributed by atoms with Crippen LogP contribution < -0.4 is 0 Å². The van der Waals surface area contributed by atoms with E-state index in [9.17, 15) is 8.42 Å². The van der Waals surface area contributed by atoms with Crippen molar-refractivity contribution < 1.29 is 22.3 Å². The quantitative estimate of drug-likeness (QED) is 0.187. The van der Waals surface area contributed by atoms with E-state index in [0.717, 1.165) is 18.4 Å². The molecule has 1 aromatic rings. The zero-order valence-corrected chi connectivity index (χ0v) is 26.4. The SMILES string of the molecule is C/C(=C\CO[Si](C)(C)C(C)(C)C)CC/C=C(\C)CC(C(C(C)C)C1OCCO1)S(=O)(=O)c1ccccc1. The monoisotopic (exact) mass is 550 g/mol. The van der Waals surface area contributed by atoms with Gasteiger partial charge in [-0.1, -0.05) is 76.1 Å². The number of hydrogen-bond acceptors (Lipinski definition) is 5. The van der Waals surface area contributed by atoms with E-state index in [2.05, 4.69) is 66.8 Å². The maximum Gasteiger partial charge on any atom is 0.192 e. The van der Waals surface area contributed by atoms with Crippen molar-refractivity contribution in [2.24, 2.45) is 11.8 Å². The van der Waals surface area contributed by atoms with E-state index in [0.29, 0.717) is 31.1 Å². The Morgan fingerprint density at radius 2 is 1.65 bits per heavy atom. The average Bonchev–Trinajstić information content (AvgIpc) is 3.32. The number of allylic oxidation sites excluding steroid dienone is 3. The first-order valence-electron chi connectivity index (χ1n) is 13.6. The van der Waals surface area contributed by atoms with Gasteiger partial charge in [0.05, 0.1) is 30.0 Å². The van der Waals surface area contributed by atoms with Gasteiger partial charge < -0.3 is 13.9 Å².